The molecule has 1 aromatic carbocycles. The molecule has 6 rings (SSSR count). The zero-order valence-electron chi connectivity index (χ0n) is 13.9. The largest absolute Gasteiger partial charge is 0.396 e. The van der Waals surface area contributed by atoms with Crippen molar-refractivity contribution in [3.8, 4) is 11.3 Å². The third-order valence-corrected chi connectivity index (χ3v) is 5.88. The quantitative estimate of drug-likeness (QED) is 0.574. The number of nitrogens with one attached hydrogen (secondary N) is 2. The fourth-order valence-corrected chi connectivity index (χ4v) is 4.85. The van der Waals surface area contributed by atoms with Crippen LogP contribution in [0, 0.1) is 10.8 Å². The number of aliphatic hydroxyl groups excluding tert-OH is 1. The Bertz CT molecular complexity index is 930. The lowest BCUT2D eigenvalue weighted by Crippen LogP contribution is -2.65. The maximum absolute atomic E-state index is 9.41. The lowest BCUT2D eigenvalue weighted by molar-refractivity contribution is -0.214. The molecule has 0 spiro atoms. The van der Waals surface area contributed by atoms with Crippen LogP contribution in [-0.2, 0) is 0 Å². The highest BCUT2D eigenvalue weighted by Crippen LogP contribution is 2.72. The van der Waals surface area contributed by atoms with Crippen molar-refractivity contribution in [2.75, 3.05) is 24.2 Å². The average Bonchev–Trinajstić information content (AvgIpc) is 3.06. The Labute approximate surface area is 145 Å². The lowest BCUT2D eigenvalue weighted by Gasteiger charge is -2.70. The van der Waals surface area contributed by atoms with Gasteiger partial charge in [0, 0.05) is 42.1 Å². The van der Waals surface area contributed by atoms with E-state index in [1.807, 2.05) is 18.2 Å². The number of rotatable bonds is 5. The Morgan fingerprint density at radius 3 is 2.72 bits per heavy atom. The molecule has 3 fully saturated rings. The monoisotopic (exact) mass is 335 g/mol. The number of nitrogens with two attached hydrogens (primary N) is 1. The number of fused-ring (bicyclic) bond motifs is 1. The van der Waals surface area contributed by atoms with Gasteiger partial charge in [0.1, 0.15) is 5.82 Å². The minimum Gasteiger partial charge on any atom is -0.396 e. The second-order valence-electron chi connectivity index (χ2n) is 7.84. The molecular weight excluding hydrogens is 314 g/mol. The predicted molar refractivity (Wildman–Crippen MR) is 98.0 cm³/mol. The molecule has 0 unspecified atom stereocenters. The van der Waals surface area contributed by atoms with Crippen LogP contribution in [0.5, 0.6) is 0 Å². The van der Waals surface area contributed by atoms with Crippen molar-refractivity contribution in [1.82, 2.24) is 15.2 Å². The Morgan fingerprint density at radius 1 is 1.16 bits per heavy atom. The van der Waals surface area contributed by atoms with Crippen LogP contribution >= 0.6 is 0 Å². The van der Waals surface area contributed by atoms with Crippen molar-refractivity contribution < 1.29 is 5.11 Å². The highest BCUT2D eigenvalue weighted by Gasteiger charge is 2.66. The van der Waals surface area contributed by atoms with E-state index in [1.165, 1.54) is 0 Å². The number of aromatic nitrogens is 3. The molecule has 25 heavy (non-hydrogen) atoms. The first-order valence-corrected chi connectivity index (χ1v) is 8.65. The van der Waals surface area contributed by atoms with Crippen molar-refractivity contribution in [2.45, 2.75) is 19.3 Å². The summed E-state index contributed by atoms with van der Waals surface area (Å²) in [6, 6.07) is 10.0. The second kappa shape index (κ2) is 4.95. The van der Waals surface area contributed by atoms with Gasteiger partial charge in [-0.1, -0.05) is 12.1 Å². The zero-order valence-corrected chi connectivity index (χ0v) is 13.9. The molecule has 3 aliphatic carbocycles. The molecule has 0 radical (unpaired) electrons. The topological polar surface area (TPSA) is 99.9 Å². The van der Waals surface area contributed by atoms with E-state index in [-0.39, 0.29) is 5.41 Å². The molecule has 3 aliphatic rings. The van der Waals surface area contributed by atoms with Crippen molar-refractivity contribution in [2.24, 2.45) is 10.8 Å². The number of pyridine rings is 1. The molecule has 0 atom stereocenters. The first-order valence-electron chi connectivity index (χ1n) is 8.65. The van der Waals surface area contributed by atoms with E-state index in [2.05, 4.69) is 32.6 Å². The Balaban J connectivity index is 1.43. The Morgan fingerprint density at radius 2 is 2.00 bits per heavy atom. The van der Waals surface area contributed by atoms with E-state index in [4.69, 9.17) is 5.73 Å². The fourth-order valence-electron chi connectivity index (χ4n) is 4.85. The number of aliphatic hydroxyl groups is 1. The van der Waals surface area contributed by atoms with Gasteiger partial charge in [-0.05, 0) is 42.2 Å². The second-order valence-corrected chi connectivity index (χ2v) is 7.84. The normalized spacial score (nSPS) is 26.9. The van der Waals surface area contributed by atoms with Gasteiger partial charge in [0.25, 0.3) is 0 Å². The van der Waals surface area contributed by atoms with Crippen molar-refractivity contribution >= 4 is 22.4 Å². The molecule has 2 bridgehead atoms. The van der Waals surface area contributed by atoms with Crippen LogP contribution in [0.3, 0.4) is 0 Å². The maximum Gasteiger partial charge on any atom is 0.126 e. The lowest BCUT2D eigenvalue weighted by atomic mass is 9.35. The number of nitrogen functional groups attached to an aromatic ring is 1. The summed E-state index contributed by atoms with van der Waals surface area (Å²) in [4.78, 5) is 4.49. The first kappa shape index (κ1) is 14.7. The van der Waals surface area contributed by atoms with Crippen LogP contribution in [0.4, 0.5) is 11.5 Å². The van der Waals surface area contributed by atoms with Gasteiger partial charge in [0.2, 0.25) is 0 Å². The molecule has 3 saturated carbocycles. The SMILES string of the molecule is Nc1cc(NCC23CC(CO)(C2)C3)c2ccc(-c3ccn[nH]3)cc2n1. The van der Waals surface area contributed by atoms with Gasteiger partial charge in [0.05, 0.1) is 11.2 Å². The fraction of sp³-hybridized carbons (Fsp3) is 0.368. The molecular formula is C19H21N5O. The smallest absolute Gasteiger partial charge is 0.126 e. The summed E-state index contributed by atoms with van der Waals surface area (Å²) in [5, 5.41) is 21.0. The van der Waals surface area contributed by atoms with Crippen LogP contribution in [0.25, 0.3) is 22.2 Å². The maximum atomic E-state index is 9.41. The van der Waals surface area contributed by atoms with Gasteiger partial charge in [0.15, 0.2) is 0 Å². The number of nitrogens with zero attached hydrogens (tertiary/aromatic N) is 2. The summed E-state index contributed by atoms with van der Waals surface area (Å²) in [6.07, 6.45) is 5.13. The first-order chi connectivity index (χ1) is 12.1. The van der Waals surface area contributed by atoms with Gasteiger partial charge in [-0.2, -0.15) is 5.10 Å². The summed E-state index contributed by atoms with van der Waals surface area (Å²) in [6.45, 7) is 1.26. The standard InChI is InChI=1S/C19H21N5O/c20-17-6-15(21-10-18-7-19(8-18,9-18)11-25)13-2-1-12(5-16(13)23-17)14-3-4-22-24-14/h1-6,25H,7-11H2,(H,22,24)(H3,20,21,23). The van der Waals surface area contributed by atoms with Crippen LogP contribution in [-0.4, -0.2) is 33.4 Å². The van der Waals surface area contributed by atoms with Crippen molar-refractivity contribution in [3.05, 3.63) is 36.5 Å². The van der Waals surface area contributed by atoms with Gasteiger partial charge < -0.3 is 16.2 Å². The number of hydrogen-bond donors (Lipinski definition) is 4. The van der Waals surface area contributed by atoms with Crippen LogP contribution in [0.2, 0.25) is 0 Å². The van der Waals surface area contributed by atoms with Crippen molar-refractivity contribution in [3.63, 3.8) is 0 Å². The van der Waals surface area contributed by atoms with Gasteiger partial charge in [-0.15, -0.1) is 0 Å². The summed E-state index contributed by atoms with van der Waals surface area (Å²) in [5.41, 5.74) is 10.5. The minimum atomic E-state index is 0.236. The Kier molecular flexibility index (Phi) is 2.92. The van der Waals surface area contributed by atoms with Crippen LogP contribution < -0.4 is 11.1 Å². The summed E-state index contributed by atoms with van der Waals surface area (Å²) < 4.78 is 0. The Hall–Kier alpha value is -2.60. The molecule has 2 heterocycles. The highest BCUT2D eigenvalue weighted by atomic mass is 16.3. The molecule has 5 N–H and O–H groups in total. The molecule has 6 nitrogen and oxygen atoms in total. The highest BCUT2D eigenvalue weighted by molar-refractivity contribution is 5.95. The minimum absolute atomic E-state index is 0.236. The summed E-state index contributed by atoms with van der Waals surface area (Å²) in [5.74, 6) is 0.515. The average molecular weight is 335 g/mol. The van der Waals surface area contributed by atoms with E-state index in [0.29, 0.717) is 17.8 Å². The summed E-state index contributed by atoms with van der Waals surface area (Å²) >= 11 is 0. The molecule has 0 saturated heterocycles. The number of benzene rings is 1. The van der Waals surface area contributed by atoms with E-state index in [1.54, 1.807) is 6.20 Å². The van der Waals surface area contributed by atoms with Crippen molar-refractivity contribution in [1.29, 1.82) is 0 Å². The van der Waals surface area contributed by atoms with E-state index in [0.717, 1.165) is 53.7 Å². The molecule has 0 amide bonds. The van der Waals surface area contributed by atoms with E-state index >= 15 is 0 Å². The van der Waals surface area contributed by atoms with E-state index < -0.39 is 0 Å². The number of hydrogen-bond acceptors (Lipinski definition) is 5. The molecule has 6 heteroatoms. The number of aromatic amines is 1. The predicted octanol–water partition coefficient (Wildman–Crippen LogP) is 2.78. The number of H-pyrrole nitrogens is 1. The third-order valence-electron chi connectivity index (χ3n) is 5.88. The van der Waals surface area contributed by atoms with Gasteiger partial charge in [-0.25, -0.2) is 4.98 Å². The molecule has 3 aromatic rings. The molecule has 128 valence electrons. The third kappa shape index (κ3) is 2.21. The molecule has 0 aliphatic heterocycles. The zero-order chi connectivity index (χ0) is 17.1. The van der Waals surface area contributed by atoms with Crippen LogP contribution in [0.1, 0.15) is 19.3 Å². The summed E-state index contributed by atoms with van der Waals surface area (Å²) in [7, 11) is 0. The molecule has 2 aromatic heterocycles. The van der Waals surface area contributed by atoms with E-state index in [9.17, 15) is 5.11 Å². The van der Waals surface area contributed by atoms with Gasteiger partial charge in [-0.3, -0.25) is 5.10 Å². The number of anilines is 2. The van der Waals surface area contributed by atoms with Crippen LogP contribution in [0.15, 0.2) is 36.5 Å². The van der Waals surface area contributed by atoms with Gasteiger partial charge >= 0.3 is 0 Å².